The van der Waals surface area contributed by atoms with Crippen LogP contribution in [0.5, 0.6) is 0 Å². The molecule has 2 saturated heterocycles. The monoisotopic (exact) mass is 555 g/mol. The van der Waals surface area contributed by atoms with Gasteiger partial charge in [-0.05, 0) is 44.0 Å². The zero-order valence-corrected chi connectivity index (χ0v) is 21.0. The number of halogens is 3. The molecule has 1 aromatic rings. The van der Waals surface area contributed by atoms with E-state index in [0.717, 1.165) is 23.6 Å². The van der Waals surface area contributed by atoms with E-state index in [-0.39, 0.29) is 30.0 Å². The van der Waals surface area contributed by atoms with Gasteiger partial charge in [0.2, 0.25) is 11.8 Å². The van der Waals surface area contributed by atoms with E-state index in [9.17, 15) is 37.1 Å². The first kappa shape index (κ1) is 29.5. The number of hydrogen-bond donors (Lipinski definition) is 3. The van der Waals surface area contributed by atoms with Gasteiger partial charge in [0.25, 0.3) is 11.8 Å². The fourth-order valence-electron chi connectivity index (χ4n) is 4.28. The number of carbonyl (C=O) groups is 6. The Hall–Kier alpha value is -4.01. The molecule has 0 saturated carbocycles. The molecular weight excluding hydrogens is 527 g/mol. The summed E-state index contributed by atoms with van der Waals surface area (Å²) in [5.74, 6) is -4.79. The van der Waals surface area contributed by atoms with Crippen molar-refractivity contribution in [2.75, 3.05) is 39.8 Å². The Kier molecular flexibility index (Phi) is 9.27. The minimum Gasteiger partial charge on any atom is -0.475 e. The number of alkyl halides is 3. The molecule has 3 aliphatic heterocycles. The summed E-state index contributed by atoms with van der Waals surface area (Å²) >= 11 is 0. The molecular formula is C24H28F3N5O7. The molecule has 4 rings (SSSR count). The summed E-state index contributed by atoms with van der Waals surface area (Å²) in [5, 5.41) is 12.2. The average molecular weight is 556 g/mol. The lowest BCUT2D eigenvalue weighted by atomic mass is 10.0. The molecule has 12 nitrogen and oxygen atoms in total. The van der Waals surface area contributed by atoms with Crippen LogP contribution in [0, 0.1) is 0 Å². The molecule has 1 unspecified atom stereocenters. The molecule has 1 aromatic carbocycles. The van der Waals surface area contributed by atoms with E-state index in [2.05, 4.69) is 15.5 Å². The van der Waals surface area contributed by atoms with E-state index in [1.807, 2.05) is 11.9 Å². The fraction of sp³-hybridized carbons (Fsp3) is 0.500. The Morgan fingerprint density at radius 3 is 2.26 bits per heavy atom. The fourth-order valence-corrected chi connectivity index (χ4v) is 4.28. The summed E-state index contributed by atoms with van der Waals surface area (Å²) in [4.78, 5) is 75.2. The lowest BCUT2D eigenvalue weighted by Gasteiger charge is -2.32. The van der Waals surface area contributed by atoms with E-state index in [0.29, 0.717) is 32.5 Å². The highest BCUT2D eigenvalue weighted by molar-refractivity contribution is 6.23. The SMILES string of the molecule is CN1CCN(C(=O)NCCCc2ccc3c(c2)C(=O)N(C2CCC(=O)NC2=O)C3=O)CC1.O=C(O)C(F)(F)F. The van der Waals surface area contributed by atoms with E-state index in [1.165, 1.54) is 0 Å². The molecule has 0 bridgehead atoms. The van der Waals surface area contributed by atoms with Gasteiger partial charge in [-0.15, -0.1) is 0 Å². The van der Waals surface area contributed by atoms with Crippen LogP contribution in [0.2, 0.25) is 0 Å². The first-order valence-electron chi connectivity index (χ1n) is 12.2. The van der Waals surface area contributed by atoms with E-state index < -0.39 is 41.8 Å². The maximum atomic E-state index is 12.9. The summed E-state index contributed by atoms with van der Waals surface area (Å²) in [7, 11) is 2.04. The highest BCUT2D eigenvalue weighted by Crippen LogP contribution is 2.28. The number of benzene rings is 1. The van der Waals surface area contributed by atoms with Crippen LogP contribution in [0.1, 0.15) is 45.5 Å². The van der Waals surface area contributed by atoms with Crippen LogP contribution in [0.15, 0.2) is 18.2 Å². The number of carboxylic acid groups (broad SMARTS) is 1. The quantitative estimate of drug-likeness (QED) is 0.353. The topological polar surface area (TPSA) is 156 Å². The molecule has 3 aliphatic rings. The second-order valence-corrected chi connectivity index (χ2v) is 9.26. The molecule has 3 heterocycles. The molecule has 39 heavy (non-hydrogen) atoms. The van der Waals surface area contributed by atoms with Gasteiger partial charge in [0, 0.05) is 39.1 Å². The molecule has 0 aliphatic carbocycles. The minimum atomic E-state index is -5.08. The Morgan fingerprint density at radius 2 is 1.67 bits per heavy atom. The number of piperazine rings is 1. The zero-order valence-electron chi connectivity index (χ0n) is 21.0. The maximum Gasteiger partial charge on any atom is 0.490 e. The van der Waals surface area contributed by atoms with Crippen LogP contribution in [0.25, 0.3) is 0 Å². The van der Waals surface area contributed by atoms with Crippen molar-refractivity contribution in [2.24, 2.45) is 0 Å². The normalized spacial score (nSPS) is 19.7. The third-order valence-corrected chi connectivity index (χ3v) is 6.46. The molecule has 1 atom stereocenters. The van der Waals surface area contributed by atoms with Gasteiger partial charge in [0.1, 0.15) is 6.04 Å². The average Bonchev–Trinajstić information content (AvgIpc) is 3.11. The Bertz CT molecular complexity index is 1170. The van der Waals surface area contributed by atoms with Crippen LogP contribution in [0.4, 0.5) is 18.0 Å². The lowest BCUT2D eigenvalue weighted by molar-refractivity contribution is -0.192. The van der Waals surface area contributed by atoms with Crippen LogP contribution in [-0.2, 0) is 20.8 Å². The number of hydrogen-bond acceptors (Lipinski definition) is 7. The van der Waals surface area contributed by atoms with Gasteiger partial charge in [0.05, 0.1) is 11.1 Å². The molecule has 15 heteroatoms. The van der Waals surface area contributed by atoms with Crippen molar-refractivity contribution >= 4 is 35.6 Å². The number of urea groups is 1. The maximum absolute atomic E-state index is 12.9. The standard InChI is InChI=1S/C22H27N5O5.C2HF3O2/c1-25-9-11-26(12-10-25)22(32)23-8-2-3-14-4-5-15-16(13-14)21(31)27(20(15)30)17-6-7-18(28)24-19(17)29;3-2(4,5)1(6)7/h4-5,13,17H,2-3,6-12H2,1H3,(H,23,32)(H,24,28,29);(H,6,7). The van der Waals surface area contributed by atoms with Crippen LogP contribution in [0.3, 0.4) is 0 Å². The van der Waals surface area contributed by atoms with E-state index >= 15 is 0 Å². The molecule has 0 spiro atoms. The van der Waals surface area contributed by atoms with E-state index in [4.69, 9.17) is 9.90 Å². The highest BCUT2D eigenvalue weighted by Gasteiger charge is 2.44. The number of nitrogens with one attached hydrogen (secondary N) is 2. The lowest BCUT2D eigenvalue weighted by Crippen LogP contribution is -2.54. The van der Waals surface area contributed by atoms with Gasteiger partial charge in [-0.25, -0.2) is 9.59 Å². The number of rotatable bonds is 5. The minimum absolute atomic E-state index is 0.0623. The van der Waals surface area contributed by atoms with Gasteiger partial charge < -0.3 is 20.2 Å². The number of piperidine rings is 1. The van der Waals surface area contributed by atoms with Gasteiger partial charge in [0.15, 0.2) is 0 Å². The number of imide groups is 2. The molecule has 0 aromatic heterocycles. The van der Waals surface area contributed by atoms with E-state index in [1.54, 1.807) is 18.2 Å². The van der Waals surface area contributed by atoms with Crippen molar-refractivity contribution in [3.8, 4) is 0 Å². The smallest absolute Gasteiger partial charge is 0.475 e. The van der Waals surface area contributed by atoms with Gasteiger partial charge in [-0.3, -0.25) is 29.4 Å². The largest absolute Gasteiger partial charge is 0.490 e. The summed E-state index contributed by atoms with van der Waals surface area (Å²) in [6.07, 6.45) is -3.53. The third-order valence-electron chi connectivity index (χ3n) is 6.46. The van der Waals surface area contributed by atoms with Crippen LogP contribution < -0.4 is 10.6 Å². The number of fused-ring (bicyclic) bond motifs is 1. The summed E-state index contributed by atoms with van der Waals surface area (Å²) in [6, 6.07) is 4.06. The number of amides is 6. The second kappa shape index (κ2) is 12.2. The number of aliphatic carboxylic acids is 1. The van der Waals surface area contributed by atoms with Crippen molar-refractivity contribution in [2.45, 2.75) is 37.9 Å². The summed E-state index contributed by atoms with van der Waals surface area (Å²) in [5.41, 5.74) is 1.43. The van der Waals surface area contributed by atoms with Crippen molar-refractivity contribution in [3.05, 3.63) is 34.9 Å². The predicted molar refractivity (Wildman–Crippen MR) is 128 cm³/mol. The molecule has 212 valence electrons. The number of carboxylic acids is 1. The molecule has 2 fully saturated rings. The number of likely N-dealkylation sites (N-methyl/N-ethyl adjacent to an activating group) is 1. The Labute approximate surface area is 221 Å². The Morgan fingerprint density at radius 1 is 1.05 bits per heavy atom. The molecule has 0 radical (unpaired) electrons. The number of nitrogens with zero attached hydrogens (tertiary/aromatic N) is 3. The number of carbonyl (C=O) groups excluding carboxylic acids is 5. The Balaban J connectivity index is 0.000000532. The van der Waals surface area contributed by atoms with Crippen molar-refractivity contribution < 1.29 is 47.0 Å². The first-order valence-corrected chi connectivity index (χ1v) is 12.2. The molecule has 6 amide bonds. The second-order valence-electron chi connectivity index (χ2n) is 9.26. The van der Waals surface area contributed by atoms with Gasteiger partial charge in [-0.2, -0.15) is 13.2 Å². The van der Waals surface area contributed by atoms with Crippen LogP contribution in [-0.4, -0.2) is 107 Å². The highest BCUT2D eigenvalue weighted by atomic mass is 19.4. The predicted octanol–water partition coefficient (Wildman–Crippen LogP) is 0.611. The summed E-state index contributed by atoms with van der Waals surface area (Å²) < 4.78 is 31.7. The molecule has 3 N–H and O–H groups in total. The van der Waals surface area contributed by atoms with Crippen molar-refractivity contribution in [3.63, 3.8) is 0 Å². The van der Waals surface area contributed by atoms with Gasteiger partial charge >= 0.3 is 18.2 Å². The zero-order chi connectivity index (χ0) is 28.9. The first-order chi connectivity index (χ1) is 18.3. The number of aryl methyl sites for hydroxylation is 1. The van der Waals surface area contributed by atoms with Gasteiger partial charge in [-0.1, -0.05) is 6.07 Å². The van der Waals surface area contributed by atoms with Crippen molar-refractivity contribution in [1.29, 1.82) is 0 Å². The summed E-state index contributed by atoms with van der Waals surface area (Å²) in [6.45, 7) is 3.67. The third kappa shape index (κ3) is 7.31. The van der Waals surface area contributed by atoms with Crippen LogP contribution >= 0.6 is 0 Å². The van der Waals surface area contributed by atoms with Crippen molar-refractivity contribution in [1.82, 2.24) is 25.3 Å².